The van der Waals surface area contributed by atoms with E-state index in [2.05, 4.69) is 22.1 Å². The van der Waals surface area contributed by atoms with E-state index in [9.17, 15) is 4.79 Å². The minimum atomic E-state index is 0.0644. The zero-order valence-electron chi connectivity index (χ0n) is 14.6. The van der Waals surface area contributed by atoms with E-state index < -0.39 is 0 Å². The first kappa shape index (κ1) is 19.2. The lowest BCUT2D eigenvalue weighted by atomic mass is 10.2. The first-order valence-corrected chi connectivity index (χ1v) is 9.77. The maximum absolute atomic E-state index is 12.3. The summed E-state index contributed by atoms with van der Waals surface area (Å²) in [7, 11) is 0. The van der Waals surface area contributed by atoms with E-state index in [1.165, 1.54) is 11.8 Å². The van der Waals surface area contributed by atoms with Gasteiger partial charge in [0.2, 0.25) is 0 Å². The summed E-state index contributed by atoms with van der Waals surface area (Å²) in [6.45, 7) is 4.89. The van der Waals surface area contributed by atoms with Crippen LogP contribution in [0.4, 0.5) is 5.69 Å². The van der Waals surface area contributed by atoms with Crippen LogP contribution in [0.25, 0.3) is 0 Å². The van der Waals surface area contributed by atoms with Crippen molar-refractivity contribution in [2.75, 3.05) is 11.1 Å². The largest absolute Gasteiger partial charge is 0.378 e. The predicted octanol–water partition coefficient (Wildman–Crippen LogP) is 4.70. The van der Waals surface area contributed by atoms with Crippen LogP contribution in [-0.2, 0) is 13.1 Å². The first-order valence-electron chi connectivity index (χ1n) is 8.41. The number of aromatic nitrogens is 3. The van der Waals surface area contributed by atoms with Crippen molar-refractivity contribution in [3.63, 3.8) is 0 Å². The highest BCUT2D eigenvalue weighted by molar-refractivity contribution is 7.99. The molecule has 3 rings (SSSR count). The standard InChI is InChI=1S/C20H19ClN4OS/c1-2-12-25-19(13-22-17-10-8-16(21)9-11-17)23-24-20(25)27-14-18(26)15-6-4-3-5-7-15/h2-11,22H,1,12-14H2. The molecule has 3 aromatic rings. The molecule has 5 nitrogen and oxygen atoms in total. The van der Waals surface area contributed by atoms with Gasteiger partial charge in [-0.05, 0) is 24.3 Å². The third kappa shape index (κ3) is 5.21. The summed E-state index contributed by atoms with van der Waals surface area (Å²) in [5.41, 5.74) is 1.64. The van der Waals surface area contributed by atoms with E-state index in [1.54, 1.807) is 6.08 Å². The molecule has 0 aliphatic carbocycles. The van der Waals surface area contributed by atoms with Crippen molar-refractivity contribution in [1.29, 1.82) is 0 Å². The smallest absolute Gasteiger partial charge is 0.192 e. The average Bonchev–Trinajstić information content (AvgIpc) is 3.08. The lowest BCUT2D eigenvalue weighted by Crippen LogP contribution is -2.10. The Hall–Kier alpha value is -2.57. The molecule has 27 heavy (non-hydrogen) atoms. The zero-order chi connectivity index (χ0) is 19.1. The molecule has 0 aliphatic rings. The van der Waals surface area contributed by atoms with E-state index in [0.29, 0.717) is 34.6 Å². The van der Waals surface area contributed by atoms with Crippen LogP contribution in [-0.4, -0.2) is 26.3 Å². The van der Waals surface area contributed by atoms with Gasteiger partial charge in [0.25, 0.3) is 0 Å². The number of ketones is 1. The molecular weight excluding hydrogens is 380 g/mol. The number of hydrogen-bond acceptors (Lipinski definition) is 5. The van der Waals surface area contributed by atoms with Gasteiger partial charge in [-0.2, -0.15) is 0 Å². The number of carbonyl (C=O) groups is 1. The summed E-state index contributed by atoms with van der Waals surface area (Å²) < 4.78 is 1.96. The minimum Gasteiger partial charge on any atom is -0.378 e. The Balaban J connectivity index is 1.66. The molecule has 7 heteroatoms. The van der Waals surface area contributed by atoms with Crippen LogP contribution in [0.5, 0.6) is 0 Å². The van der Waals surface area contributed by atoms with E-state index in [1.807, 2.05) is 59.2 Å². The summed E-state index contributed by atoms with van der Waals surface area (Å²) in [5, 5.41) is 13.2. The van der Waals surface area contributed by atoms with Crippen molar-refractivity contribution >= 4 is 34.8 Å². The van der Waals surface area contributed by atoms with Crippen LogP contribution in [0.1, 0.15) is 16.2 Å². The van der Waals surface area contributed by atoms with Crippen molar-refractivity contribution < 1.29 is 4.79 Å². The molecule has 1 heterocycles. The molecule has 2 aromatic carbocycles. The van der Waals surface area contributed by atoms with Crippen molar-refractivity contribution in [1.82, 2.24) is 14.8 Å². The third-order valence-electron chi connectivity index (χ3n) is 3.83. The van der Waals surface area contributed by atoms with Crippen molar-refractivity contribution in [2.24, 2.45) is 0 Å². The van der Waals surface area contributed by atoms with Crippen molar-refractivity contribution in [2.45, 2.75) is 18.2 Å². The molecule has 0 fully saturated rings. The van der Waals surface area contributed by atoms with Gasteiger partial charge in [-0.15, -0.1) is 16.8 Å². The monoisotopic (exact) mass is 398 g/mol. The third-order valence-corrected chi connectivity index (χ3v) is 5.05. The highest BCUT2D eigenvalue weighted by Gasteiger charge is 2.14. The van der Waals surface area contributed by atoms with Crippen molar-refractivity contribution in [3.8, 4) is 0 Å². The molecule has 0 radical (unpaired) electrons. The Labute approximate surface area is 167 Å². The number of anilines is 1. The number of allylic oxidation sites excluding steroid dienone is 1. The van der Waals surface area contributed by atoms with Gasteiger partial charge in [0.05, 0.1) is 12.3 Å². The maximum atomic E-state index is 12.3. The molecule has 1 aromatic heterocycles. The summed E-state index contributed by atoms with van der Waals surface area (Å²) in [6, 6.07) is 16.7. The number of nitrogens with zero attached hydrogens (tertiary/aromatic N) is 3. The molecule has 0 spiro atoms. The molecule has 1 N–H and O–H groups in total. The molecule has 0 atom stereocenters. The van der Waals surface area contributed by atoms with Gasteiger partial charge in [0.1, 0.15) is 0 Å². The van der Waals surface area contributed by atoms with Crippen LogP contribution in [0.15, 0.2) is 72.4 Å². The second-order valence-electron chi connectivity index (χ2n) is 5.74. The second-order valence-corrected chi connectivity index (χ2v) is 7.12. The highest BCUT2D eigenvalue weighted by Crippen LogP contribution is 2.20. The summed E-state index contributed by atoms with van der Waals surface area (Å²) in [6.07, 6.45) is 1.79. The molecule has 0 saturated heterocycles. The van der Waals surface area contributed by atoms with Crippen LogP contribution in [0.2, 0.25) is 5.02 Å². The topological polar surface area (TPSA) is 59.8 Å². The van der Waals surface area contributed by atoms with Gasteiger partial charge < -0.3 is 9.88 Å². The Morgan fingerprint density at radius 2 is 1.89 bits per heavy atom. The quantitative estimate of drug-likeness (QED) is 0.321. The van der Waals surface area contributed by atoms with Crippen LogP contribution in [0, 0.1) is 0 Å². The summed E-state index contributed by atoms with van der Waals surface area (Å²) >= 11 is 7.29. The first-order chi connectivity index (χ1) is 13.2. The minimum absolute atomic E-state index is 0.0644. The van der Waals surface area contributed by atoms with Gasteiger partial charge in [-0.3, -0.25) is 4.79 Å². The SMILES string of the molecule is C=CCn1c(CNc2ccc(Cl)cc2)nnc1SCC(=O)c1ccccc1. The maximum Gasteiger partial charge on any atom is 0.192 e. The number of hydrogen-bond donors (Lipinski definition) is 1. The van der Waals surface area contributed by atoms with E-state index >= 15 is 0 Å². The van der Waals surface area contributed by atoms with E-state index in [0.717, 1.165) is 11.5 Å². The number of nitrogens with one attached hydrogen (secondary N) is 1. The molecule has 138 valence electrons. The van der Waals surface area contributed by atoms with Gasteiger partial charge >= 0.3 is 0 Å². The van der Waals surface area contributed by atoms with E-state index in [4.69, 9.17) is 11.6 Å². The normalized spacial score (nSPS) is 10.6. The van der Waals surface area contributed by atoms with Gasteiger partial charge in [-0.1, -0.05) is 59.8 Å². The Bertz CT molecular complexity index is 909. The Morgan fingerprint density at radius 1 is 1.15 bits per heavy atom. The van der Waals surface area contributed by atoms with Crippen LogP contribution >= 0.6 is 23.4 Å². The number of carbonyl (C=O) groups excluding carboxylic acids is 1. The molecule has 0 unspecified atom stereocenters. The Kier molecular flexibility index (Phi) is 6.68. The molecule has 0 saturated carbocycles. The summed E-state index contributed by atoms with van der Waals surface area (Å²) in [5.74, 6) is 1.15. The van der Waals surface area contributed by atoms with E-state index in [-0.39, 0.29) is 5.78 Å². The second kappa shape index (κ2) is 9.39. The lowest BCUT2D eigenvalue weighted by Gasteiger charge is -2.09. The number of benzene rings is 2. The summed E-state index contributed by atoms with van der Waals surface area (Å²) in [4.78, 5) is 12.3. The number of halogens is 1. The van der Waals surface area contributed by atoms with Crippen LogP contribution in [0.3, 0.4) is 0 Å². The van der Waals surface area contributed by atoms with Gasteiger partial charge in [0, 0.05) is 22.8 Å². The predicted molar refractivity (Wildman–Crippen MR) is 110 cm³/mol. The fourth-order valence-corrected chi connectivity index (χ4v) is 3.44. The molecule has 0 amide bonds. The number of Topliss-reactive ketones (excluding diaryl/α,β-unsaturated/α-hetero) is 1. The molecular formula is C20H19ClN4OS. The lowest BCUT2D eigenvalue weighted by molar-refractivity contribution is 0.102. The fraction of sp³-hybridized carbons (Fsp3) is 0.150. The number of rotatable bonds is 9. The average molecular weight is 399 g/mol. The Morgan fingerprint density at radius 3 is 2.59 bits per heavy atom. The zero-order valence-corrected chi connectivity index (χ0v) is 16.2. The van der Waals surface area contributed by atoms with Crippen molar-refractivity contribution in [3.05, 3.63) is 83.7 Å². The van der Waals surface area contributed by atoms with Crippen LogP contribution < -0.4 is 5.32 Å². The van der Waals surface area contributed by atoms with Gasteiger partial charge in [0.15, 0.2) is 16.8 Å². The van der Waals surface area contributed by atoms with Gasteiger partial charge in [-0.25, -0.2) is 0 Å². The number of thioether (sulfide) groups is 1. The fourth-order valence-electron chi connectivity index (χ4n) is 2.46. The molecule has 0 aliphatic heterocycles. The molecule has 0 bridgehead atoms. The highest BCUT2D eigenvalue weighted by atomic mass is 35.5.